The van der Waals surface area contributed by atoms with E-state index in [1.54, 1.807) is 11.5 Å². The number of aromatic nitrogens is 5. The van der Waals surface area contributed by atoms with Gasteiger partial charge in [0.1, 0.15) is 6.07 Å². The fraction of sp³-hybridized carbons (Fsp3) is 0.393. The number of fused-ring (bicyclic) bond motifs is 2. The van der Waals surface area contributed by atoms with E-state index < -0.39 is 11.2 Å². The topological polar surface area (TPSA) is 128 Å². The molecule has 0 bridgehead atoms. The maximum absolute atomic E-state index is 14.1. The van der Waals surface area contributed by atoms with E-state index in [4.69, 9.17) is 10.7 Å². The van der Waals surface area contributed by atoms with Gasteiger partial charge in [-0.2, -0.15) is 10.2 Å². The van der Waals surface area contributed by atoms with Gasteiger partial charge in [-0.25, -0.2) is 4.79 Å². The summed E-state index contributed by atoms with van der Waals surface area (Å²) >= 11 is 0. The zero-order valence-corrected chi connectivity index (χ0v) is 21.2. The van der Waals surface area contributed by atoms with Gasteiger partial charge in [0.2, 0.25) is 5.95 Å². The molecule has 2 fully saturated rings. The molecule has 1 saturated carbocycles. The van der Waals surface area contributed by atoms with Crippen LogP contribution in [-0.4, -0.2) is 42.8 Å². The van der Waals surface area contributed by atoms with Crippen molar-refractivity contribution < 1.29 is 0 Å². The summed E-state index contributed by atoms with van der Waals surface area (Å²) in [6, 6.07) is 9.61. The van der Waals surface area contributed by atoms with Gasteiger partial charge in [0, 0.05) is 42.1 Å². The molecule has 6 rings (SSSR count). The Bertz CT molecular complexity index is 1790. The summed E-state index contributed by atoms with van der Waals surface area (Å²) in [4.78, 5) is 39.4. The molecule has 2 N–H and O–H groups in total. The number of rotatable bonds is 5. The van der Waals surface area contributed by atoms with Crippen LogP contribution >= 0.6 is 0 Å². The van der Waals surface area contributed by atoms with E-state index in [0.29, 0.717) is 34.9 Å². The van der Waals surface area contributed by atoms with Gasteiger partial charge in [0.05, 0.1) is 24.3 Å². The molecule has 3 aromatic heterocycles. The lowest BCUT2D eigenvalue weighted by atomic mass is 10.1. The van der Waals surface area contributed by atoms with E-state index in [-0.39, 0.29) is 25.2 Å². The van der Waals surface area contributed by atoms with Crippen molar-refractivity contribution in [3.63, 3.8) is 0 Å². The molecule has 4 aromatic rings. The highest BCUT2D eigenvalue weighted by Gasteiger charge is 2.33. The number of pyridine rings is 1. The van der Waals surface area contributed by atoms with Crippen molar-refractivity contribution >= 4 is 27.9 Å². The van der Waals surface area contributed by atoms with E-state index >= 15 is 0 Å². The molecule has 38 heavy (non-hydrogen) atoms. The summed E-state index contributed by atoms with van der Waals surface area (Å²) in [6.07, 6.45) is 5.09. The van der Waals surface area contributed by atoms with Crippen LogP contribution in [0.15, 0.2) is 40.1 Å². The van der Waals surface area contributed by atoms with Crippen molar-refractivity contribution in [1.82, 2.24) is 23.7 Å². The Kier molecular flexibility index (Phi) is 5.97. The Morgan fingerprint density at radius 2 is 1.92 bits per heavy atom. The van der Waals surface area contributed by atoms with E-state index in [9.17, 15) is 14.9 Å². The van der Waals surface area contributed by atoms with Gasteiger partial charge in [0.25, 0.3) is 5.56 Å². The van der Waals surface area contributed by atoms with Gasteiger partial charge in [-0.3, -0.25) is 23.5 Å². The molecule has 1 aliphatic heterocycles. The molecule has 1 saturated heterocycles. The van der Waals surface area contributed by atoms with Crippen molar-refractivity contribution in [1.29, 1.82) is 5.26 Å². The van der Waals surface area contributed by atoms with E-state index in [1.165, 1.54) is 10.8 Å². The quantitative estimate of drug-likeness (QED) is 0.409. The predicted octanol–water partition coefficient (Wildman–Crippen LogP) is 2.11. The van der Waals surface area contributed by atoms with E-state index in [1.807, 2.05) is 28.8 Å². The van der Waals surface area contributed by atoms with Crippen LogP contribution in [-0.2, 0) is 13.1 Å². The fourth-order valence-corrected chi connectivity index (χ4v) is 5.40. The van der Waals surface area contributed by atoms with Crippen molar-refractivity contribution in [3.05, 3.63) is 62.6 Å². The number of nitrogens with zero attached hydrogens (tertiary/aromatic N) is 7. The van der Waals surface area contributed by atoms with Gasteiger partial charge < -0.3 is 10.6 Å². The molecule has 10 nitrogen and oxygen atoms in total. The monoisotopic (exact) mass is 508 g/mol. The lowest BCUT2D eigenvalue weighted by Gasteiger charge is -2.31. The predicted molar refractivity (Wildman–Crippen MR) is 145 cm³/mol. The highest BCUT2D eigenvalue weighted by Crippen LogP contribution is 2.36. The Labute approximate surface area is 218 Å². The number of piperidine rings is 1. The van der Waals surface area contributed by atoms with Gasteiger partial charge in [-0.1, -0.05) is 30.2 Å². The standard InChI is InChI=1S/C28H28N8O2/c1-2-3-13-34-24-25(32-27(34)33-12-6-7-19(30)16-33)36(20-10-11-20)28(38)35(26(24)37)17-23-22-9-5-4-8-21(22)18(14-29)15-31-23/h4-5,8-9,15,19-20H,6-7,10-13,16-17,30H2,1H3/t19-/m1/s1. The minimum atomic E-state index is -0.421. The average molecular weight is 509 g/mol. The molecule has 0 radical (unpaired) electrons. The van der Waals surface area contributed by atoms with Crippen LogP contribution in [0.25, 0.3) is 21.9 Å². The van der Waals surface area contributed by atoms with Crippen LogP contribution in [0.3, 0.4) is 0 Å². The third kappa shape index (κ3) is 3.94. The van der Waals surface area contributed by atoms with Gasteiger partial charge in [0.15, 0.2) is 11.2 Å². The summed E-state index contributed by atoms with van der Waals surface area (Å²) in [5.74, 6) is 6.63. The second-order valence-corrected chi connectivity index (χ2v) is 10.00. The van der Waals surface area contributed by atoms with Crippen LogP contribution < -0.4 is 21.9 Å². The molecule has 192 valence electrons. The van der Waals surface area contributed by atoms with Crippen LogP contribution in [0.2, 0.25) is 0 Å². The molecule has 0 unspecified atom stereocenters. The van der Waals surface area contributed by atoms with Crippen molar-refractivity contribution in [2.45, 2.75) is 57.8 Å². The largest absolute Gasteiger partial charge is 0.341 e. The number of imidazole rings is 1. The smallest absolute Gasteiger partial charge is 0.333 e. The van der Waals surface area contributed by atoms with Crippen molar-refractivity contribution in [3.8, 4) is 17.9 Å². The lowest BCUT2D eigenvalue weighted by Crippen LogP contribution is -2.44. The number of nitrogens with two attached hydrogens (primary N) is 1. The lowest BCUT2D eigenvalue weighted by molar-refractivity contribution is 0.496. The summed E-state index contributed by atoms with van der Waals surface area (Å²) in [5, 5.41) is 11.0. The fourth-order valence-electron chi connectivity index (χ4n) is 5.40. The Balaban J connectivity index is 1.59. The van der Waals surface area contributed by atoms with Gasteiger partial charge >= 0.3 is 5.69 Å². The maximum atomic E-state index is 14.1. The van der Waals surface area contributed by atoms with Crippen LogP contribution in [0.4, 0.5) is 5.95 Å². The molecular weight excluding hydrogens is 480 g/mol. The third-order valence-electron chi connectivity index (χ3n) is 7.41. The highest BCUT2D eigenvalue weighted by atomic mass is 16.2. The molecule has 2 aliphatic rings. The van der Waals surface area contributed by atoms with Gasteiger partial charge in [-0.15, -0.1) is 5.92 Å². The summed E-state index contributed by atoms with van der Waals surface area (Å²) in [7, 11) is 0. The number of anilines is 1. The zero-order chi connectivity index (χ0) is 26.4. The normalized spacial score (nSPS) is 17.4. The third-order valence-corrected chi connectivity index (χ3v) is 7.41. The molecule has 0 spiro atoms. The minimum absolute atomic E-state index is 0.000379. The summed E-state index contributed by atoms with van der Waals surface area (Å²) in [6.45, 7) is 3.44. The summed E-state index contributed by atoms with van der Waals surface area (Å²) in [5.41, 5.74) is 7.23. The molecule has 1 aliphatic carbocycles. The number of hydrogen-bond acceptors (Lipinski definition) is 7. The molecule has 1 aromatic carbocycles. The number of benzene rings is 1. The SMILES string of the molecule is CC#CCn1c(N2CCC[C@@H](N)C2)nc2c1c(=O)n(Cc1ncc(C#N)c3ccccc13)c(=O)n2C1CC1. The number of hydrogen-bond donors (Lipinski definition) is 1. The maximum Gasteiger partial charge on any atom is 0.333 e. The second-order valence-electron chi connectivity index (χ2n) is 10.00. The van der Waals surface area contributed by atoms with Crippen molar-refractivity contribution in [2.75, 3.05) is 18.0 Å². The Morgan fingerprint density at radius 3 is 2.63 bits per heavy atom. The molecule has 1 atom stereocenters. The summed E-state index contributed by atoms with van der Waals surface area (Å²) < 4.78 is 4.77. The van der Waals surface area contributed by atoms with Crippen LogP contribution in [0, 0.1) is 23.2 Å². The molecule has 0 amide bonds. The minimum Gasteiger partial charge on any atom is -0.341 e. The van der Waals surface area contributed by atoms with E-state index in [0.717, 1.165) is 43.0 Å². The molecule has 10 heteroatoms. The first-order valence-electron chi connectivity index (χ1n) is 12.9. The first-order chi connectivity index (χ1) is 18.5. The first-order valence-corrected chi connectivity index (χ1v) is 12.9. The molecular formula is C28H28N8O2. The number of nitriles is 1. The van der Waals surface area contributed by atoms with Crippen LogP contribution in [0.1, 0.15) is 49.9 Å². The van der Waals surface area contributed by atoms with Gasteiger partial charge in [-0.05, 0) is 32.6 Å². The second kappa shape index (κ2) is 9.47. The van der Waals surface area contributed by atoms with Crippen molar-refractivity contribution in [2.24, 2.45) is 5.73 Å². The zero-order valence-electron chi connectivity index (χ0n) is 21.2. The van der Waals surface area contributed by atoms with Crippen LogP contribution in [0.5, 0.6) is 0 Å². The average Bonchev–Trinajstić information content (AvgIpc) is 3.69. The highest BCUT2D eigenvalue weighted by molar-refractivity contribution is 5.89. The molecule has 4 heterocycles. The Hall–Kier alpha value is -4.41. The Morgan fingerprint density at radius 1 is 1.13 bits per heavy atom. The van der Waals surface area contributed by atoms with E-state index in [2.05, 4.69) is 27.8 Å². The first kappa shape index (κ1) is 24.0.